The number of aryl methyl sites for hydroxylation is 2. The highest BCUT2D eigenvalue weighted by atomic mass is 79.9. The molecule has 2 amide bonds. The summed E-state index contributed by atoms with van der Waals surface area (Å²) in [5.74, 6) is -0.453. The number of carbonyl (C=O) groups is 2. The van der Waals surface area contributed by atoms with E-state index in [1.165, 1.54) is 18.1 Å². The van der Waals surface area contributed by atoms with Crippen LogP contribution in [0.15, 0.2) is 46.4 Å². The van der Waals surface area contributed by atoms with E-state index in [1.807, 2.05) is 38.1 Å². The standard InChI is InChI=1S/C20H17BrN2O3S/c1-11-4-5-12(2)16(8-11)23-19(25)15(18(24)22-20(23)27)10-13-9-14(21)6-7-17(13)26-3/h4-10H,1-3H3,(H,22,24,27)/b15-10+. The van der Waals surface area contributed by atoms with Crippen LogP contribution in [0.25, 0.3) is 6.08 Å². The lowest BCUT2D eigenvalue weighted by Crippen LogP contribution is -2.54. The molecule has 0 saturated carbocycles. The first-order chi connectivity index (χ1) is 12.8. The molecule has 27 heavy (non-hydrogen) atoms. The third kappa shape index (κ3) is 3.79. The number of nitrogens with one attached hydrogen (secondary N) is 1. The molecule has 0 aliphatic carbocycles. The number of halogens is 1. The second-order valence-corrected chi connectivity index (χ2v) is 7.44. The van der Waals surface area contributed by atoms with Gasteiger partial charge in [0.25, 0.3) is 11.8 Å². The average molecular weight is 445 g/mol. The molecular weight excluding hydrogens is 428 g/mol. The number of nitrogens with zero attached hydrogens (tertiary/aromatic N) is 1. The van der Waals surface area contributed by atoms with Gasteiger partial charge in [-0.15, -0.1) is 0 Å². The fraction of sp³-hybridized carbons (Fsp3) is 0.150. The molecule has 1 fully saturated rings. The van der Waals surface area contributed by atoms with Crippen LogP contribution in [0.4, 0.5) is 5.69 Å². The molecule has 3 rings (SSSR count). The van der Waals surface area contributed by atoms with Crippen molar-refractivity contribution in [1.29, 1.82) is 0 Å². The monoisotopic (exact) mass is 444 g/mol. The number of rotatable bonds is 3. The zero-order chi connectivity index (χ0) is 19.7. The Bertz CT molecular complexity index is 1000. The van der Waals surface area contributed by atoms with Gasteiger partial charge in [0, 0.05) is 10.0 Å². The maximum atomic E-state index is 13.2. The smallest absolute Gasteiger partial charge is 0.270 e. The lowest BCUT2D eigenvalue weighted by Gasteiger charge is -2.30. The number of anilines is 1. The first kappa shape index (κ1) is 19.3. The summed E-state index contributed by atoms with van der Waals surface area (Å²) in [5, 5.41) is 2.67. The Kier molecular flexibility index (Phi) is 5.43. The molecule has 0 bridgehead atoms. The maximum Gasteiger partial charge on any atom is 0.270 e. The van der Waals surface area contributed by atoms with Crippen molar-refractivity contribution in [3.63, 3.8) is 0 Å². The van der Waals surface area contributed by atoms with Gasteiger partial charge in [-0.3, -0.25) is 19.8 Å². The predicted molar refractivity (Wildman–Crippen MR) is 113 cm³/mol. The molecule has 1 N–H and O–H groups in total. The van der Waals surface area contributed by atoms with Crippen LogP contribution in [0.2, 0.25) is 0 Å². The van der Waals surface area contributed by atoms with Gasteiger partial charge in [0.05, 0.1) is 12.8 Å². The summed E-state index contributed by atoms with van der Waals surface area (Å²) in [5.41, 5.74) is 3.12. The van der Waals surface area contributed by atoms with Crippen molar-refractivity contribution in [3.8, 4) is 5.75 Å². The topological polar surface area (TPSA) is 58.6 Å². The van der Waals surface area contributed by atoms with E-state index in [1.54, 1.807) is 12.1 Å². The lowest BCUT2D eigenvalue weighted by molar-refractivity contribution is -0.122. The van der Waals surface area contributed by atoms with E-state index in [0.29, 0.717) is 17.0 Å². The normalized spacial score (nSPS) is 15.9. The van der Waals surface area contributed by atoms with Gasteiger partial charge in [0.1, 0.15) is 11.3 Å². The molecule has 0 unspecified atom stereocenters. The molecular formula is C20H17BrN2O3S. The lowest BCUT2D eigenvalue weighted by atomic mass is 10.0. The molecule has 0 aromatic heterocycles. The number of methoxy groups -OCH3 is 1. The Morgan fingerprint density at radius 3 is 2.59 bits per heavy atom. The molecule has 7 heteroatoms. The molecule has 0 spiro atoms. The van der Waals surface area contributed by atoms with E-state index in [0.717, 1.165) is 15.6 Å². The Morgan fingerprint density at radius 1 is 1.15 bits per heavy atom. The quantitative estimate of drug-likeness (QED) is 0.442. The van der Waals surface area contributed by atoms with Gasteiger partial charge in [-0.2, -0.15) is 0 Å². The van der Waals surface area contributed by atoms with Gasteiger partial charge in [-0.05, 0) is 67.5 Å². The summed E-state index contributed by atoms with van der Waals surface area (Å²) in [4.78, 5) is 27.0. The summed E-state index contributed by atoms with van der Waals surface area (Å²) in [6.07, 6.45) is 1.52. The van der Waals surface area contributed by atoms with Crippen molar-refractivity contribution in [2.75, 3.05) is 12.0 Å². The van der Waals surface area contributed by atoms with E-state index in [2.05, 4.69) is 21.2 Å². The summed E-state index contributed by atoms with van der Waals surface area (Å²) in [7, 11) is 1.53. The number of ether oxygens (including phenoxy) is 1. The first-order valence-electron chi connectivity index (χ1n) is 8.14. The van der Waals surface area contributed by atoms with Crippen molar-refractivity contribution < 1.29 is 14.3 Å². The van der Waals surface area contributed by atoms with Gasteiger partial charge in [-0.1, -0.05) is 28.1 Å². The van der Waals surface area contributed by atoms with Gasteiger partial charge < -0.3 is 4.74 Å². The number of amides is 2. The Balaban J connectivity index is 2.11. The van der Waals surface area contributed by atoms with Gasteiger partial charge in [0.2, 0.25) is 0 Å². The van der Waals surface area contributed by atoms with Crippen molar-refractivity contribution in [2.45, 2.75) is 13.8 Å². The van der Waals surface area contributed by atoms with Gasteiger partial charge in [-0.25, -0.2) is 0 Å². The fourth-order valence-corrected chi connectivity index (χ4v) is 3.46. The second kappa shape index (κ2) is 7.62. The predicted octanol–water partition coefficient (Wildman–Crippen LogP) is 3.91. The van der Waals surface area contributed by atoms with Crippen LogP contribution in [0.1, 0.15) is 16.7 Å². The molecule has 2 aromatic carbocycles. The molecule has 1 aliphatic heterocycles. The fourth-order valence-electron chi connectivity index (χ4n) is 2.81. The SMILES string of the molecule is COc1ccc(Br)cc1/C=C1\C(=O)NC(=S)N(c2cc(C)ccc2C)C1=O. The van der Waals surface area contributed by atoms with Gasteiger partial charge in [0.15, 0.2) is 5.11 Å². The molecule has 0 atom stereocenters. The van der Waals surface area contributed by atoms with E-state index < -0.39 is 11.8 Å². The zero-order valence-electron chi connectivity index (χ0n) is 15.0. The van der Waals surface area contributed by atoms with Crippen LogP contribution in [0.3, 0.4) is 0 Å². The summed E-state index contributed by atoms with van der Waals surface area (Å²) < 4.78 is 6.14. The van der Waals surface area contributed by atoms with Crippen molar-refractivity contribution >= 4 is 56.8 Å². The molecule has 5 nitrogen and oxygen atoms in total. The van der Waals surface area contributed by atoms with Crippen LogP contribution in [-0.4, -0.2) is 24.0 Å². The van der Waals surface area contributed by atoms with E-state index in [9.17, 15) is 9.59 Å². The van der Waals surface area contributed by atoms with Crippen LogP contribution in [-0.2, 0) is 9.59 Å². The molecule has 1 saturated heterocycles. The van der Waals surface area contributed by atoms with Crippen LogP contribution in [0, 0.1) is 13.8 Å². The number of carbonyl (C=O) groups excluding carboxylic acids is 2. The minimum Gasteiger partial charge on any atom is -0.496 e. The van der Waals surface area contributed by atoms with Crippen molar-refractivity contribution in [3.05, 3.63) is 63.1 Å². The molecule has 0 radical (unpaired) electrons. The van der Waals surface area contributed by atoms with E-state index in [4.69, 9.17) is 17.0 Å². The number of benzene rings is 2. The van der Waals surface area contributed by atoms with Crippen molar-refractivity contribution in [1.82, 2.24) is 5.32 Å². The Hall–Kier alpha value is -2.51. The average Bonchev–Trinajstić information content (AvgIpc) is 2.61. The first-order valence-corrected chi connectivity index (χ1v) is 9.34. The summed E-state index contributed by atoms with van der Waals surface area (Å²) in [6, 6.07) is 11.1. The maximum absolute atomic E-state index is 13.2. The highest BCUT2D eigenvalue weighted by Crippen LogP contribution is 2.29. The second-order valence-electron chi connectivity index (χ2n) is 6.13. The minimum absolute atomic E-state index is 0.0130. The number of thiocarbonyl (C=S) groups is 1. The van der Waals surface area contributed by atoms with Gasteiger partial charge >= 0.3 is 0 Å². The van der Waals surface area contributed by atoms with E-state index >= 15 is 0 Å². The highest BCUT2D eigenvalue weighted by Gasteiger charge is 2.35. The molecule has 1 heterocycles. The third-order valence-electron chi connectivity index (χ3n) is 4.20. The zero-order valence-corrected chi connectivity index (χ0v) is 17.4. The summed E-state index contributed by atoms with van der Waals surface area (Å²) >= 11 is 8.66. The number of hydrogen-bond acceptors (Lipinski definition) is 4. The molecule has 1 aliphatic rings. The minimum atomic E-state index is -0.534. The van der Waals surface area contributed by atoms with Crippen LogP contribution < -0.4 is 15.0 Å². The van der Waals surface area contributed by atoms with E-state index in [-0.39, 0.29) is 10.7 Å². The van der Waals surface area contributed by atoms with Crippen LogP contribution >= 0.6 is 28.1 Å². The number of hydrogen-bond donors (Lipinski definition) is 1. The van der Waals surface area contributed by atoms with Crippen LogP contribution in [0.5, 0.6) is 5.75 Å². The highest BCUT2D eigenvalue weighted by molar-refractivity contribution is 9.10. The largest absolute Gasteiger partial charge is 0.496 e. The Morgan fingerprint density at radius 2 is 1.89 bits per heavy atom. The molecule has 138 valence electrons. The third-order valence-corrected chi connectivity index (χ3v) is 4.98. The Labute approximate surface area is 171 Å². The molecule has 2 aromatic rings. The summed E-state index contributed by atoms with van der Waals surface area (Å²) in [6.45, 7) is 3.82. The van der Waals surface area contributed by atoms with Crippen molar-refractivity contribution in [2.24, 2.45) is 0 Å².